The van der Waals surface area contributed by atoms with Crippen molar-refractivity contribution >= 4 is 45.2 Å². The first-order chi connectivity index (χ1) is 18.2. The lowest BCUT2D eigenvalue weighted by atomic mass is 9.97. The molecule has 3 aromatic rings. The molecule has 1 aliphatic heterocycles. The van der Waals surface area contributed by atoms with E-state index in [9.17, 15) is 15.0 Å². The summed E-state index contributed by atoms with van der Waals surface area (Å²) in [5, 5.41) is 33.9. The van der Waals surface area contributed by atoms with Crippen LogP contribution in [-0.4, -0.2) is 101 Å². The fourth-order valence-corrected chi connectivity index (χ4v) is 6.25. The van der Waals surface area contributed by atoms with Gasteiger partial charge in [-0.05, 0) is 48.8 Å². The highest BCUT2D eigenvalue weighted by atomic mass is 79.9. The number of hydrogen-bond acceptors (Lipinski definition) is 10. The van der Waals surface area contributed by atoms with Gasteiger partial charge in [-0.1, -0.05) is 28.6 Å². The molecule has 0 bridgehead atoms. The minimum atomic E-state index is -1.17. The Morgan fingerprint density at radius 1 is 1.42 bits per heavy atom. The summed E-state index contributed by atoms with van der Waals surface area (Å²) in [7, 11) is 1.49. The molecule has 12 nitrogen and oxygen atoms in total. The number of carbonyl (C=O) groups excluding carboxylic acids is 1. The monoisotopic (exact) mass is 629 g/mol. The Bertz CT molecular complexity index is 1260. The third-order valence-corrected chi connectivity index (χ3v) is 7.99. The zero-order valence-corrected chi connectivity index (χ0v) is 24.3. The van der Waals surface area contributed by atoms with Crippen LogP contribution in [0.3, 0.4) is 0 Å². The number of rotatable bonds is 9. The molecular weight excluding hydrogens is 602 g/mol. The Balaban J connectivity index is 1.69. The molecule has 206 valence electrons. The number of aliphatic hydroxyl groups excluding tert-OH is 2. The number of halogens is 2. The van der Waals surface area contributed by atoms with Gasteiger partial charge in [0.1, 0.15) is 35.5 Å². The van der Waals surface area contributed by atoms with E-state index in [0.717, 1.165) is 0 Å². The zero-order valence-electron chi connectivity index (χ0n) is 21.2. The summed E-state index contributed by atoms with van der Waals surface area (Å²) in [6, 6.07) is 2.61. The molecule has 0 aromatic carbocycles. The van der Waals surface area contributed by atoms with Crippen LogP contribution in [0.4, 0.5) is 0 Å². The average Bonchev–Trinajstić information content (AvgIpc) is 3.54. The predicted molar refractivity (Wildman–Crippen MR) is 143 cm³/mol. The molecule has 0 spiro atoms. The highest BCUT2D eigenvalue weighted by Gasteiger charge is 2.48. The molecule has 0 radical (unpaired) electrons. The van der Waals surface area contributed by atoms with Crippen molar-refractivity contribution in [1.82, 2.24) is 34.7 Å². The second-order valence-electron chi connectivity index (χ2n) is 8.85. The fraction of sp³-hybridized carbons (Fsp3) is 0.522. The first-order valence-corrected chi connectivity index (χ1v) is 14.0. The molecule has 1 fully saturated rings. The molecule has 3 aromatic heterocycles. The maximum absolute atomic E-state index is 13.4. The first kappa shape index (κ1) is 28.9. The van der Waals surface area contributed by atoms with Gasteiger partial charge in [-0.25, -0.2) is 14.3 Å². The molecule has 5 atom stereocenters. The van der Waals surface area contributed by atoms with E-state index in [4.69, 9.17) is 21.1 Å². The maximum Gasteiger partial charge on any atom is 0.273 e. The largest absolute Gasteiger partial charge is 0.394 e. The molecule has 1 saturated heterocycles. The van der Waals surface area contributed by atoms with Crippen molar-refractivity contribution in [2.24, 2.45) is 0 Å². The number of pyridine rings is 1. The van der Waals surface area contributed by atoms with E-state index in [1.807, 2.05) is 20.8 Å². The molecule has 0 aliphatic carbocycles. The van der Waals surface area contributed by atoms with Crippen LogP contribution in [0.1, 0.15) is 37.3 Å². The average molecular weight is 631 g/mol. The highest BCUT2D eigenvalue weighted by molar-refractivity contribution is 9.10. The molecule has 2 N–H and O–H groups in total. The molecule has 4 heterocycles. The second-order valence-corrected chi connectivity index (χ2v) is 11.3. The lowest BCUT2D eigenvalue weighted by Crippen LogP contribution is -2.55. The third-order valence-electron chi connectivity index (χ3n) is 6.18. The summed E-state index contributed by atoms with van der Waals surface area (Å²) in [6.07, 6.45) is 1.94. The fourth-order valence-electron chi connectivity index (χ4n) is 4.33. The van der Waals surface area contributed by atoms with Crippen LogP contribution in [0.5, 0.6) is 0 Å². The number of thioether (sulfide) groups is 1. The van der Waals surface area contributed by atoms with Gasteiger partial charge >= 0.3 is 0 Å². The summed E-state index contributed by atoms with van der Waals surface area (Å²) in [5.41, 5.74) is -0.469. The van der Waals surface area contributed by atoms with Crippen LogP contribution in [-0.2, 0) is 9.47 Å². The van der Waals surface area contributed by atoms with Gasteiger partial charge in [0.15, 0.2) is 11.0 Å². The van der Waals surface area contributed by atoms with Crippen molar-refractivity contribution in [3.05, 3.63) is 46.0 Å². The summed E-state index contributed by atoms with van der Waals surface area (Å²) >= 11 is 10.6. The SMILES string of the molecule is CCN(C(=O)c1ncc(Br)cc1S[C@H]1OC(CO)[C@H](O)[C@H](n2cc(-n3ccc(Cl)n3)nn2)C1OC)C(C)C. The summed E-state index contributed by atoms with van der Waals surface area (Å²) in [6.45, 7) is 5.88. The Morgan fingerprint density at radius 2 is 2.18 bits per heavy atom. The molecule has 15 heteroatoms. The summed E-state index contributed by atoms with van der Waals surface area (Å²) in [4.78, 5) is 20.1. The minimum Gasteiger partial charge on any atom is -0.394 e. The van der Waals surface area contributed by atoms with Crippen molar-refractivity contribution in [2.75, 3.05) is 20.3 Å². The van der Waals surface area contributed by atoms with E-state index in [1.54, 1.807) is 35.6 Å². The van der Waals surface area contributed by atoms with Crippen LogP contribution < -0.4 is 0 Å². The Hall–Kier alpha value is -2.07. The van der Waals surface area contributed by atoms with Gasteiger partial charge in [-0.15, -0.1) is 5.10 Å². The van der Waals surface area contributed by atoms with Gasteiger partial charge < -0.3 is 24.6 Å². The van der Waals surface area contributed by atoms with E-state index in [-0.39, 0.29) is 17.6 Å². The molecule has 38 heavy (non-hydrogen) atoms. The lowest BCUT2D eigenvalue weighted by Gasteiger charge is -2.43. The quantitative estimate of drug-likeness (QED) is 0.362. The van der Waals surface area contributed by atoms with Gasteiger partial charge in [-0.2, -0.15) is 5.10 Å². The smallest absolute Gasteiger partial charge is 0.273 e. The van der Waals surface area contributed by atoms with Gasteiger partial charge in [0, 0.05) is 41.5 Å². The van der Waals surface area contributed by atoms with Crippen molar-refractivity contribution in [3.63, 3.8) is 0 Å². The van der Waals surface area contributed by atoms with Crippen LogP contribution in [0.15, 0.2) is 40.1 Å². The number of carbonyl (C=O) groups is 1. The van der Waals surface area contributed by atoms with Gasteiger partial charge in [0.2, 0.25) is 0 Å². The van der Waals surface area contributed by atoms with Crippen molar-refractivity contribution in [1.29, 1.82) is 0 Å². The van der Waals surface area contributed by atoms with Crippen molar-refractivity contribution in [3.8, 4) is 5.82 Å². The molecule has 0 saturated carbocycles. The van der Waals surface area contributed by atoms with Crippen molar-refractivity contribution in [2.45, 2.75) is 61.5 Å². The molecule has 1 amide bonds. The Labute approximate surface area is 237 Å². The number of aromatic nitrogens is 6. The number of aliphatic hydroxyl groups is 2. The maximum atomic E-state index is 13.4. The van der Waals surface area contributed by atoms with E-state index >= 15 is 0 Å². The van der Waals surface area contributed by atoms with Crippen molar-refractivity contribution < 1.29 is 24.5 Å². The molecule has 1 aliphatic rings. The Kier molecular flexibility index (Phi) is 9.44. The van der Waals surface area contributed by atoms with E-state index in [0.29, 0.717) is 26.9 Å². The third kappa shape index (κ3) is 5.91. The van der Waals surface area contributed by atoms with Crippen LogP contribution in [0.25, 0.3) is 5.82 Å². The highest BCUT2D eigenvalue weighted by Crippen LogP contribution is 2.41. The molecule has 4 rings (SSSR count). The first-order valence-electron chi connectivity index (χ1n) is 11.9. The van der Waals surface area contributed by atoms with Crippen LogP contribution in [0.2, 0.25) is 5.15 Å². The van der Waals surface area contributed by atoms with E-state index in [2.05, 4.69) is 36.3 Å². The van der Waals surface area contributed by atoms with Gasteiger partial charge in [0.25, 0.3) is 5.91 Å². The van der Waals surface area contributed by atoms with Crippen LogP contribution in [0, 0.1) is 0 Å². The van der Waals surface area contributed by atoms with E-state index < -0.39 is 36.4 Å². The number of ether oxygens (including phenoxy) is 2. The van der Waals surface area contributed by atoms with Gasteiger partial charge in [-0.3, -0.25) is 4.79 Å². The van der Waals surface area contributed by atoms with Gasteiger partial charge in [0.05, 0.1) is 12.8 Å². The molecule has 2 unspecified atom stereocenters. The summed E-state index contributed by atoms with van der Waals surface area (Å²) in [5.74, 6) is 0.170. The predicted octanol–water partition coefficient (Wildman–Crippen LogP) is 2.57. The zero-order chi connectivity index (χ0) is 27.6. The topological polar surface area (TPSA) is 141 Å². The summed E-state index contributed by atoms with van der Waals surface area (Å²) < 4.78 is 15.5. The minimum absolute atomic E-state index is 0.0158. The number of nitrogens with zero attached hydrogens (tertiary/aromatic N) is 7. The second kappa shape index (κ2) is 12.4. The lowest BCUT2D eigenvalue weighted by molar-refractivity contribution is -0.186. The molecular formula is C23H29BrClN7O5S. The number of amides is 1. The number of hydrogen-bond donors (Lipinski definition) is 2. The normalized spacial score (nSPS) is 23.7. The standard InChI is InChI=1S/C23H29BrClN7O5S/c1-5-30(12(2)3)22(35)18-15(8-13(24)9-26-18)38-23-21(36-4)19(20(34)14(11-33)37-23)32-10-17(27-29-32)31-7-6-16(25)28-31/h6-10,12,14,19-21,23,33-34H,5,11H2,1-4H3/t14?,19-,20-,21?,23+/m0/s1. The number of methoxy groups -OCH3 is 1. The van der Waals surface area contributed by atoms with Crippen LogP contribution >= 0.6 is 39.3 Å². The Morgan fingerprint density at radius 3 is 2.79 bits per heavy atom. The van der Waals surface area contributed by atoms with E-state index in [1.165, 1.54) is 28.2 Å².